The van der Waals surface area contributed by atoms with E-state index in [0.29, 0.717) is 13.0 Å². The molecule has 0 aliphatic heterocycles. The van der Waals surface area contributed by atoms with Crippen LogP contribution >= 0.6 is 11.8 Å². The molecule has 0 fully saturated rings. The summed E-state index contributed by atoms with van der Waals surface area (Å²) in [7, 11) is 0. The summed E-state index contributed by atoms with van der Waals surface area (Å²) in [6.07, 6.45) is 3.96. The van der Waals surface area contributed by atoms with Crippen molar-refractivity contribution in [3.05, 3.63) is 48.1 Å². The lowest BCUT2D eigenvalue weighted by Gasteiger charge is -2.05. The van der Waals surface area contributed by atoms with Gasteiger partial charge in [-0.05, 0) is 12.1 Å². The molecule has 0 saturated heterocycles. The first-order valence-electron chi connectivity index (χ1n) is 5.98. The minimum Gasteiger partial charge on any atom is -0.355 e. The van der Waals surface area contributed by atoms with E-state index in [-0.39, 0.29) is 16.6 Å². The lowest BCUT2D eigenvalue weighted by molar-refractivity contribution is -0.118. The molecule has 0 atom stereocenters. The summed E-state index contributed by atoms with van der Waals surface area (Å²) in [5.41, 5.74) is 0. The predicted octanol–water partition coefficient (Wildman–Crippen LogP) is 2.14. The van der Waals surface area contributed by atoms with E-state index >= 15 is 0 Å². The van der Waals surface area contributed by atoms with E-state index in [0.717, 1.165) is 23.7 Å². The Morgan fingerprint density at radius 2 is 2.25 bits per heavy atom. The molecule has 4 nitrogen and oxygen atoms in total. The number of halogens is 2. The van der Waals surface area contributed by atoms with Gasteiger partial charge in [0.25, 0.3) is 0 Å². The van der Waals surface area contributed by atoms with Gasteiger partial charge in [0.1, 0.15) is 17.5 Å². The van der Waals surface area contributed by atoms with Gasteiger partial charge in [-0.25, -0.2) is 13.8 Å². The second kappa shape index (κ2) is 7.04. The third-order valence-electron chi connectivity index (χ3n) is 2.49. The summed E-state index contributed by atoms with van der Waals surface area (Å²) in [6, 6.07) is 3.29. The fourth-order valence-corrected chi connectivity index (χ4v) is 2.29. The molecule has 0 spiro atoms. The highest BCUT2D eigenvalue weighted by molar-refractivity contribution is 8.00. The standard InChI is InChI=1S/C13H13F2N3OS/c14-9-1-2-11(10(15)7-9)20-8-13(19)18-4-3-12-16-5-6-17-12/h1-2,5-7H,3-4,8H2,(H,16,17)(H,18,19). The number of benzene rings is 1. The maximum atomic E-state index is 13.3. The Bertz CT molecular complexity index is 575. The van der Waals surface area contributed by atoms with Crippen molar-refractivity contribution in [2.75, 3.05) is 12.3 Å². The average molecular weight is 297 g/mol. The zero-order valence-corrected chi connectivity index (χ0v) is 11.3. The van der Waals surface area contributed by atoms with Crippen LogP contribution in [0, 0.1) is 11.6 Å². The van der Waals surface area contributed by atoms with Crippen LogP contribution in [0.3, 0.4) is 0 Å². The van der Waals surface area contributed by atoms with Crippen LogP contribution in [0.1, 0.15) is 5.82 Å². The summed E-state index contributed by atoms with van der Waals surface area (Å²) >= 11 is 1.03. The van der Waals surface area contributed by atoms with E-state index < -0.39 is 11.6 Å². The zero-order chi connectivity index (χ0) is 14.4. The monoisotopic (exact) mass is 297 g/mol. The molecule has 1 aromatic carbocycles. The normalized spacial score (nSPS) is 10.5. The van der Waals surface area contributed by atoms with Crippen LogP contribution in [0.4, 0.5) is 8.78 Å². The maximum Gasteiger partial charge on any atom is 0.230 e. The van der Waals surface area contributed by atoms with Gasteiger partial charge in [0.05, 0.1) is 5.75 Å². The van der Waals surface area contributed by atoms with Crippen LogP contribution < -0.4 is 5.32 Å². The number of imidazole rings is 1. The van der Waals surface area contributed by atoms with Crippen LogP contribution in [0.15, 0.2) is 35.5 Å². The van der Waals surface area contributed by atoms with E-state index in [1.54, 1.807) is 12.4 Å². The van der Waals surface area contributed by atoms with Gasteiger partial charge < -0.3 is 10.3 Å². The van der Waals surface area contributed by atoms with Crippen molar-refractivity contribution in [1.29, 1.82) is 0 Å². The van der Waals surface area contributed by atoms with Crippen molar-refractivity contribution in [1.82, 2.24) is 15.3 Å². The molecule has 0 unspecified atom stereocenters. The largest absolute Gasteiger partial charge is 0.355 e. The minimum atomic E-state index is -0.654. The van der Waals surface area contributed by atoms with Gasteiger partial charge >= 0.3 is 0 Å². The molecule has 20 heavy (non-hydrogen) atoms. The van der Waals surface area contributed by atoms with E-state index in [4.69, 9.17) is 0 Å². The maximum absolute atomic E-state index is 13.3. The van der Waals surface area contributed by atoms with Crippen LogP contribution in [0.5, 0.6) is 0 Å². The van der Waals surface area contributed by atoms with Gasteiger partial charge in [-0.1, -0.05) is 0 Å². The molecule has 0 bridgehead atoms. The zero-order valence-electron chi connectivity index (χ0n) is 10.5. The molecule has 2 N–H and O–H groups in total. The molecule has 2 rings (SSSR count). The molecular formula is C13H13F2N3OS. The number of H-pyrrole nitrogens is 1. The number of amides is 1. The number of nitrogens with one attached hydrogen (secondary N) is 2. The van der Waals surface area contributed by atoms with Crippen molar-refractivity contribution in [3.8, 4) is 0 Å². The number of carbonyl (C=O) groups is 1. The topological polar surface area (TPSA) is 57.8 Å². The second-order valence-electron chi connectivity index (χ2n) is 4.00. The van der Waals surface area contributed by atoms with E-state index in [1.165, 1.54) is 12.1 Å². The Balaban J connectivity index is 1.72. The number of hydrogen-bond donors (Lipinski definition) is 2. The lowest BCUT2D eigenvalue weighted by Crippen LogP contribution is -2.27. The summed E-state index contributed by atoms with van der Waals surface area (Å²) in [6.45, 7) is 0.457. The van der Waals surface area contributed by atoms with Gasteiger partial charge in [0, 0.05) is 36.3 Å². The Morgan fingerprint density at radius 1 is 1.40 bits per heavy atom. The Morgan fingerprint density at radius 3 is 2.95 bits per heavy atom. The minimum absolute atomic E-state index is 0.0840. The summed E-state index contributed by atoms with van der Waals surface area (Å²) in [5.74, 6) is -0.610. The van der Waals surface area contributed by atoms with Gasteiger partial charge in [-0.2, -0.15) is 0 Å². The molecule has 7 heteroatoms. The number of thioether (sulfide) groups is 1. The van der Waals surface area contributed by atoms with Crippen LogP contribution in [0.2, 0.25) is 0 Å². The Kier molecular flexibility index (Phi) is 5.11. The third kappa shape index (κ3) is 4.34. The number of rotatable bonds is 6. The molecular weight excluding hydrogens is 284 g/mol. The van der Waals surface area contributed by atoms with Crippen LogP contribution in [-0.2, 0) is 11.2 Å². The number of aromatic amines is 1. The smallest absolute Gasteiger partial charge is 0.230 e. The first-order chi connectivity index (χ1) is 9.65. The molecule has 0 radical (unpaired) electrons. The van der Waals surface area contributed by atoms with Crippen molar-refractivity contribution in [3.63, 3.8) is 0 Å². The molecule has 1 amide bonds. The highest BCUT2D eigenvalue weighted by Crippen LogP contribution is 2.21. The lowest BCUT2D eigenvalue weighted by atomic mass is 10.3. The molecule has 1 aromatic heterocycles. The van der Waals surface area contributed by atoms with Crippen molar-refractivity contribution >= 4 is 17.7 Å². The molecule has 1 heterocycles. The average Bonchev–Trinajstić information content (AvgIpc) is 2.91. The van der Waals surface area contributed by atoms with Crippen LogP contribution in [0.25, 0.3) is 0 Å². The first kappa shape index (κ1) is 14.5. The molecule has 106 valence electrons. The number of hydrogen-bond acceptors (Lipinski definition) is 3. The van der Waals surface area contributed by atoms with Crippen molar-refractivity contribution in [2.45, 2.75) is 11.3 Å². The highest BCUT2D eigenvalue weighted by atomic mass is 32.2. The molecule has 0 aliphatic rings. The third-order valence-corrected chi connectivity index (χ3v) is 3.54. The summed E-state index contributed by atoms with van der Waals surface area (Å²) in [4.78, 5) is 18.8. The Labute approximate surface area is 119 Å². The quantitative estimate of drug-likeness (QED) is 0.803. The fraction of sp³-hybridized carbons (Fsp3) is 0.231. The predicted molar refractivity (Wildman–Crippen MR) is 72.4 cm³/mol. The van der Waals surface area contributed by atoms with Gasteiger partial charge in [-0.3, -0.25) is 4.79 Å². The van der Waals surface area contributed by atoms with Crippen molar-refractivity contribution < 1.29 is 13.6 Å². The van der Waals surface area contributed by atoms with Gasteiger partial charge in [0.15, 0.2) is 0 Å². The molecule has 0 saturated carbocycles. The number of nitrogens with zero attached hydrogens (tertiary/aromatic N) is 1. The number of carbonyl (C=O) groups excluding carboxylic acids is 1. The Hall–Kier alpha value is -1.89. The second-order valence-corrected chi connectivity index (χ2v) is 5.02. The molecule has 2 aromatic rings. The van der Waals surface area contributed by atoms with Gasteiger partial charge in [-0.15, -0.1) is 11.8 Å². The summed E-state index contributed by atoms with van der Waals surface area (Å²) < 4.78 is 26.0. The summed E-state index contributed by atoms with van der Waals surface area (Å²) in [5, 5.41) is 2.71. The number of aromatic nitrogens is 2. The van der Waals surface area contributed by atoms with E-state index in [1.807, 2.05) is 0 Å². The highest BCUT2D eigenvalue weighted by Gasteiger charge is 2.07. The van der Waals surface area contributed by atoms with Gasteiger partial charge in [0.2, 0.25) is 5.91 Å². The fourth-order valence-electron chi connectivity index (χ4n) is 1.54. The SMILES string of the molecule is O=C(CSc1ccc(F)cc1F)NCCc1ncc[nH]1. The first-order valence-corrected chi connectivity index (χ1v) is 6.96. The van der Waals surface area contributed by atoms with Crippen LogP contribution in [-0.4, -0.2) is 28.2 Å². The van der Waals surface area contributed by atoms with Crippen molar-refractivity contribution in [2.24, 2.45) is 0 Å². The van der Waals surface area contributed by atoms with E-state index in [9.17, 15) is 13.6 Å². The molecule has 0 aliphatic carbocycles. The van der Waals surface area contributed by atoms with E-state index in [2.05, 4.69) is 15.3 Å².